The summed E-state index contributed by atoms with van der Waals surface area (Å²) in [4.78, 5) is 9.96. The molecule has 2 aromatic rings. The number of hydrogen-bond donors (Lipinski definition) is 0. The minimum Gasteiger partial charge on any atom is -0.345 e. The molecular weight excluding hydrogens is 344 g/mol. The smallest absolute Gasteiger partial charge is 0.288 e. The van der Waals surface area contributed by atoms with Crippen LogP contribution in [0.5, 0.6) is 0 Å². The van der Waals surface area contributed by atoms with Crippen molar-refractivity contribution < 1.29 is 4.57 Å². The van der Waals surface area contributed by atoms with Gasteiger partial charge in [-0.25, -0.2) is 4.57 Å². The zero-order chi connectivity index (χ0) is 20.1. The maximum Gasteiger partial charge on any atom is 0.288 e. The van der Waals surface area contributed by atoms with Gasteiger partial charge in [-0.05, 0) is 35.9 Å². The average Bonchev–Trinajstić information content (AvgIpc) is 3.03. The normalized spacial score (nSPS) is 28.1. The highest BCUT2D eigenvalue weighted by molar-refractivity contribution is 5.83. The molecule has 4 heteroatoms. The standard InChI is InChI=1S/C24H35N4/c1-7-10-15-27-16-20-21(25-17-27)28-19-14-12-11-13-18(19)23(4,8-2)24(5,9-3)22(28)26(20)6/h11-14,16-17,22H,7-10,15H2,1-6H3/q+1. The first-order valence-corrected chi connectivity index (χ1v) is 10.9. The van der Waals surface area contributed by atoms with Crippen LogP contribution in [-0.2, 0) is 12.0 Å². The van der Waals surface area contributed by atoms with E-state index in [1.807, 2.05) is 6.33 Å². The van der Waals surface area contributed by atoms with Crippen molar-refractivity contribution in [2.75, 3.05) is 16.8 Å². The summed E-state index contributed by atoms with van der Waals surface area (Å²) < 4.78 is 2.26. The molecule has 2 aliphatic rings. The molecule has 28 heavy (non-hydrogen) atoms. The van der Waals surface area contributed by atoms with E-state index in [1.54, 1.807) is 0 Å². The van der Waals surface area contributed by atoms with Gasteiger partial charge in [-0.2, -0.15) is 0 Å². The Kier molecular flexibility index (Phi) is 4.64. The lowest BCUT2D eigenvalue weighted by Crippen LogP contribution is -2.62. The molecule has 1 aromatic heterocycles. The molecule has 3 atom stereocenters. The molecule has 0 bridgehead atoms. The van der Waals surface area contributed by atoms with Gasteiger partial charge in [0.1, 0.15) is 18.1 Å². The van der Waals surface area contributed by atoms with Crippen LogP contribution in [0.1, 0.15) is 65.9 Å². The maximum atomic E-state index is 4.97. The first-order chi connectivity index (χ1) is 13.4. The van der Waals surface area contributed by atoms with Crippen molar-refractivity contribution >= 4 is 17.2 Å². The van der Waals surface area contributed by atoms with Crippen LogP contribution in [0, 0.1) is 5.41 Å². The Hall–Kier alpha value is -2.10. The number of benzene rings is 1. The fourth-order valence-electron chi connectivity index (χ4n) is 5.63. The molecule has 4 nitrogen and oxygen atoms in total. The van der Waals surface area contributed by atoms with E-state index in [4.69, 9.17) is 4.98 Å². The van der Waals surface area contributed by atoms with Gasteiger partial charge in [0.05, 0.1) is 12.2 Å². The van der Waals surface area contributed by atoms with Crippen LogP contribution >= 0.6 is 0 Å². The SMILES string of the molecule is CCCC[n+]1cnc2c(c1)N(C)C1N2c2ccccc2C(C)(CC)C1(C)CC. The molecule has 0 spiro atoms. The van der Waals surface area contributed by atoms with E-state index >= 15 is 0 Å². The summed E-state index contributed by atoms with van der Waals surface area (Å²) in [5.41, 5.74) is 4.27. The number of aromatic nitrogens is 2. The van der Waals surface area contributed by atoms with E-state index in [9.17, 15) is 0 Å². The molecule has 0 aliphatic carbocycles. The maximum absolute atomic E-state index is 4.97. The van der Waals surface area contributed by atoms with E-state index in [0.29, 0.717) is 0 Å². The fraction of sp³-hybridized carbons (Fsp3) is 0.583. The molecule has 2 aliphatic heterocycles. The lowest BCUT2D eigenvalue weighted by Gasteiger charge is -2.58. The molecule has 0 saturated carbocycles. The van der Waals surface area contributed by atoms with E-state index in [2.05, 4.69) is 86.5 Å². The monoisotopic (exact) mass is 379 g/mol. The summed E-state index contributed by atoms with van der Waals surface area (Å²) in [6.07, 6.45) is 9.24. The summed E-state index contributed by atoms with van der Waals surface area (Å²) in [6, 6.07) is 8.99. The predicted molar refractivity (Wildman–Crippen MR) is 116 cm³/mol. The zero-order valence-corrected chi connectivity index (χ0v) is 18.4. The van der Waals surface area contributed by atoms with E-state index in [1.165, 1.54) is 29.8 Å². The second-order valence-corrected chi connectivity index (χ2v) is 9.00. The quantitative estimate of drug-likeness (QED) is 0.669. The van der Waals surface area contributed by atoms with Gasteiger partial charge >= 0.3 is 0 Å². The number of fused-ring (bicyclic) bond motifs is 5. The van der Waals surface area contributed by atoms with Crippen molar-refractivity contribution in [2.45, 2.75) is 78.4 Å². The predicted octanol–water partition coefficient (Wildman–Crippen LogP) is 5.18. The minimum atomic E-state index is 0.111. The molecule has 3 unspecified atom stereocenters. The van der Waals surface area contributed by atoms with Crippen LogP contribution in [0.15, 0.2) is 36.8 Å². The summed E-state index contributed by atoms with van der Waals surface area (Å²) in [5, 5.41) is 0. The first kappa shape index (κ1) is 19.2. The van der Waals surface area contributed by atoms with Gasteiger partial charge in [0, 0.05) is 17.9 Å². The summed E-state index contributed by atoms with van der Waals surface area (Å²) in [6.45, 7) is 12.9. The third-order valence-electron chi connectivity index (χ3n) is 7.86. The van der Waals surface area contributed by atoms with Crippen molar-refractivity contribution in [1.82, 2.24) is 4.98 Å². The fourth-order valence-corrected chi connectivity index (χ4v) is 5.63. The lowest BCUT2D eigenvalue weighted by atomic mass is 9.55. The number of para-hydroxylation sites is 1. The molecule has 3 heterocycles. The number of nitrogens with zero attached hydrogens (tertiary/aromatic N) is 4. The van der Waals surface area contributed by atoms with Crippen LogP contribution in [0.2, 0.25) is 0 Å². The van der Waals surface area contributed by atoms with Crippen molar-refractivity contribution in [2.24, 2.45) is 5.41 Å². The van der Waals surface area contributed by atoms with Gasteiger partial charge in [0.15, 0.2) is 0 Å². The topological polar surface area (TPSA) is 23.2 Å². The first-order valence-electron chi connectivity index (χ1n) is 10.9. The minimum absolute atomic E-state index is 0.111. The van der Waals surface area contributed by atoms with Crippen LogP contribution in [0.25, 0.3) is 0 Å². The Morgan fingerprint density at radius 2 is 1.82 bits per heavy atom. The van der Waals surface area contributed by atoms with Crippen LogP contribution in [-0.4, -0.2) is 18.2 Å². The van der Waals surface area contributed by atoms with Crippen molar-refractivity contribution in [3.8, 4) is 0 Å². The van der Waals surface area contributed by atoms with Gasteiger partial charge in [0.2, 0.25) is 0 Å². The number of hydrogen-bond acceptors (Lipinski definition) is 3. The van der Waals surface area contributed by atoms with Crippen LogP contribution in [0.4, 0.5) is 17.2 Å². The molecule has 150 valence electrons. The van der Waals surface area contributed by atoms with E-state index in [-0.39, 0.29) is 17.0 Å². The van der Waals surface area contributed by atoms with Crippen molar-refractivity contribution in [3.05, 3.63) is 42.4 Å². The van der Waals surface area contributed by atoms with Gasteiger partial charge < -0.3 is 4.90 Å². The number of unbranched alkanes of at least 4 members (excludes halogenated alkanes) is 1. The number of rotatable bonds is 5. The Morgan fingerprint density at radius 3 is 2.50 bits per heavy atom. The van der Waals surface area contributed by atoms with Crippen LogP contribution in [0.3, 0.4) is 0 Å². The highest BCUT2D eigenvalue weighted by atomic mass is 15.5. The van der Waals surface area contributed by atoms with Crippen molar-refractivity contribution in [1.29, 1.82) is 0 Å². The van der Waals surface area contributed by atoms with Crippen LogP contribution < -0.4 is 14.4 Å². The summed E-state index contributed by atoms with van der Waals surface area (Å²) >= 11 is 0. The Balaban J connectivity index is 1.93. The molecule has 0 amide bonds. The Bertz CT molecular complexity index is 879. The third-order valence-corrected chi connectivity index (χ3v) is 7.86. The average molecular weight is 380 g/mol. The summed E-state index contributed by atoms with van der Waals surface area (Å²) in [7, 11) is 2.26. The molecular formula is C24H35N4+. The molecule has 4 rings (SSSR count). The zero-order valence-electron chi connectivity index (χ0n) is 18.4. The number of anilines is 3. The van der Waals surface area contributed by atoms with Crippen molar-refractivity contribution in [3.63, 3.8) is 0 Å². The largest absolute Gasteiger partial charge is 0.345 e. The second-order valence-electron chi connectivity index (χ2n) is 9.00. The summed E-state index contributed by atoms with van der Waals surface area (Å²) in [5.74, 6) is 1.10. The van der Waals surface area contributed by atoms with Gasteiger partial charge in [-0.3, -0.25) is 4.90 Å². The van der Waals surface area contributed by atoms with Gasteiger partial charge in [-0.1, -0.05) is 59.2 Å². The highest BCUT2D eigenvalue weighted by Crippen LogP contribution is 2.62. The molecule has 0 radical (unpaired) electrons. The highest BCUT2D eigenvalue weighted by Gasteiger charge is 2.60. The lowest BCUT2D eigenvalue weighted by molar-refractivity contribution is -0.699. The Morgan fingerprint density at radius 1 is 1.07 bits per heavy atom. The number of aryl methyl sites for hydroxylation is 1. The third kappa shape index (κ3) is 2.36. The van der Waals surface area contributed by atoms with Gasteiger partial charge in [0.25, 0.3) is 12.1 Å². The van der Waals surface area contributed by atoms with E-state index in [0.717, 1.165) is 25.2 Å². The molecule has 0 saturated heterocycles. The Labute approximate surface area is 170 Å². The molecule has 0 fully saturated rings. The molecule has 1 aromatic carbocycles. The second kappa shape index (κ2) is 6.75. The molecule has 0 N–H and O–H groups in total. The van der Waals surface area contributed by atoms with Gasteiger partial charge in [-0.15, -0.1) is 0 Å². The van der Waals surface area contributed by atoms with E-state index < -0.39 is 0 Å².